The predicted molar refractivity (Wildman–Crippen MR) is 115 cm³/mol. The van der Waals surface area contributed by atoms with Crippen LogP contribution in [0.25, 0.3) is 21.8 Å². The number of fused-ring (bicyclic) bond motifs is 2. The number of nitrogens with one attached hydrogen (secondary N) is 1. The van der Waals surface area contributed by atoms with E-state index in [1.54, 1.807) is 48.5 Å². The zero-order valence-electron chi connectivity index (χ0n) is 17.7. The van der Waals surface area contributed by atoms with Crippen LogP contribution in [0.4, 0.5) is 0 Å². The summed E-state index contributed by atoms with van der Waals surface area (Å²) in [7, 11) is 2.16. The molecule has 2 aromatic carbocycles. The van der Waals surface area contributed by atoms with Crippen LogP contribution in [0.3, 0.4) is 0 Å². The predicted octanol–water partition coefficient (Wildman–Crippen LogP) is 2.17. The summed E-state index contributed by atoms with van der Waals surface area (Å²) in [6.45, 7) is 1.36. The van der Waals surface area contributed by atoms with Crippen molar-refractivity contribution in [3.8, 4) is 0 Å². The first-order chi connectivity index (χ1) is 15.3. The van der Waals surface area contributed by atoms with Crippen LogP contribution in [-0.4, -0.2) is 54.2 Å². The van der Waals surface area contributed by atoms with E-state index < -0.39 is 41.7 Å². The molecule has 2 N–H and O–H groups in total. The monoisotopic (exact) mass is 438 g/mol. The number of benzene rings is 2. The van der Waals surface area contributed by atoms with Gasteiger partial charge in [-0.1, -0.05) is 43.3 Å². The highest BCUT2D eigenvalue weighted by Gasteiger charge is 2.42. The lowest BCUT2D eigenvalue weighted by atomic mass is 9.87. The minimum Gasteiger partial charge on any atom is -0.480 e. The molecule has 0 radical (unpaired) electrons. The summed E-state index contributed by atoms with van der Waals surface area (Å²) in [5.41, 5.74) is 1.38. The van der Waals surface area contributed by atoms with Crippen LogP contribution in [-0.2, 0) is 23.9 Å². The summed E-state index contributed by atoms with van der Waals surface area (Å²) in [6, 6.07) is 12.4. The average Bonchev–Trinajstić information content (AvgIpc) is 2.80. The first-order valence-corrected chi connectivity index (χ1v) is 9.77. The number of amides is 1. The number of hydrogen-bond acceptors (Lipinski definition) is 7. The van der Waals surface area contributed by atoms with Crippen molar-refractivity contribution in [2.24, 2.45) is 11.8 Å². The fourth-order valence-corrected chi connectivity index (χ4v) is 3.69. The molecular weight excluding hydrogens is 416 g/mol. The number of aliphatic carboxylic acids is 1. The van der Waals surface area contributed by atoms with Gasteiger partial charge in [0.25, 0.3) is 5.91 Å². The quantitative estimate of drug-likeness (QED) is 0.326. The van der Waals surface area contributed by atoms with Crippen molar-refractivity contribution in [2.45, 2.75) is 13.0 Å². The number of rotatable bonds is 7. The number of hydrogen-bond donors (Lipinski definition) is 2. The van der Waals surface area contributed by atoms with Crippen LogP contribution >= 0.6 is 0 Å². The van der Waals surface area contributed by atoms with Gasteiger partial charge in [0.2, 0.25) is 0 Å². The number of carboxylic acid groups (broad SMARTS) is 1. The Kier molecular flexibility index (Phi) is 6.67. The Morgan fingerprint density at radius 3 is 1.78 bits per heavy atom. The van der Waals surface area contributed by atoms with Gasteiger partial charge in [-0.15, -0.1) is 0 Å². The Morgan fingerprint density at radius 1 is 0.875 bits per heavy atom. The Balaban J connectivity index is 2.06. The van der Waals surface area contributed by atoms with Crippen LogP contribution in [0, 0.1) is 11.8 Å². The molecule has 0 spiro atoms. The van der Waals surface area contributed by atoms with Crippen molar-refractivity contribution in [3.63, 3.8) is 0 Å². The molecule has 1 amide bonds. The van der Waals surface area contributed by atoms with Gasteiger partial charge >= 0.3 is 17.9 Å². The zero-order valence-corrected chi connectivity index (χ0v) is 17.7. The molecule has 0 aliphatic carbocycles. The standard InChI is InChI=1S/C23H22N2O7/c1-12(17(22(29)31-2)23(30)32-3)19(21(27)28)25-20(26)18-13-8-4-6-10-15(13)24-16-11-7-5-9-14(16)18/h4-12,17,19H,1-3H3,(H,25,26)(H,27,28)/t12-,19+/m1/s1. The van der Waals surface area contributed by atoms with Crippen molar-refractivity contribution in [1.29, 1.82) is 0 Å². The van der Waals surface area contributed by atoms with Gasteiger partial charge in [0.15, 0.2) is 5.92 Å². The lowest BCUT2D eigenvalue weighted by molar-refractivity contribution is -0.162. The van der Waals surface area contributed by atoms with Crippen LogP contribution in [0.1, 0.15) is 17.3 Å². The summed E-state index contributed by atoms with van der Waals surface area (Å²) < 4.78 is 9.28. The fourth-order valence-electron chi connectivity index (χ4n) is 3.69. The second-order valence-electron chi connectivity index (χ2n) is 7.19. The lowest BCUT2D eigenvalue weighted by Crippen LogP contribution is -2.50. The Bertz CT molecular complexity index is 1140. The SMILES string of the molecule is COC(=O)C(C(=O)OC)[C@@H](C)[C@H](NC(=O)c1c2ccccc2nc2ccccc12)C(=O)O. The molecule has 1 aromatic heterocycles. The second kappa shape index (κ2) is 9.42. The topological polar surface area (TPSA) is 132 Å². The molecule has 1 heterocycles. The van der Waals surface area contributed by atoms with E-state index >= 15 is 0 Å². The van der Waals surface area contributed by atoms with E-state index in [1.165, 1.54) is 6.92 Å². The molecular formula is C23H22N2O7. The van der Waals surface area contributed by atoms with Gasteiger partial charge < -0.3 is 19.9 Å². The summed E-state index contributed by atoms with van der Waals surface area (Å²) in [4.78, 5) is 54.2. The van der Waals surface area contributed by atoms with Gasteiger partial charge in [-0.05, 0) is 12.1 Å². The van der Waals surface area contributed by atoms with Crippen molar-refractivity contribution in [3.05, 3.63) is 54.1 Å². The van der Waals surface area contributed by atoms with E-state index in [0.29, 0.717) is 21.8 Å². The van der Waals surface area contributed by atoms with Crippen LogP contribution in [0.2, 0.25) is 0 Å². The summed E-state index contributed by atoms with van der Waals surface area (Å²) >= 11 is 0. The lowest BCUT2D eigenvalue weighted by Gasteiger charge is -2.26. The Labute approximate surface area is 183 Å². The Morgan fingerprint density at radius 2 is 1.34 bits per heavy atom. The third-order valence-corrected chi connectivity index (χ3v) is 5.33. The normalized spacial score (nSPS) is 12.9. The van der Waals surface area contributed by atoms with Crippen LogP contribution in [0.15, 0.2) is 48.5 Å². The van der Waals surface area contributed by atoms with Gasteiger partial charge in [-0.25, -0.2) is 9.78 Å². The highest BCUT2D eigenvalue weighted by molar-refractivity contribution is 6.16. The van der Waals surface area contributed by atoms with Crippen molar-refractivity contribution in [1.82, 2.24) is 10.3 Å². The van der Waals surface area contributed by atoms with E-state index in [4.69, 9.17) is 0 Å². The van der Waals surface area contributed by atoms with E-state index in [2.05, 4.69) is 19.8 Å². The molecule has 0 aliphatic heterocycles. The van der Waals surface area contributed by atoms with Crippen molar-refractivity contribution >= 4 is 45.6 Å². The molecule has 0 unspecified atom stereocenters. The number of aromatic nitrogens is 1. The summed E-state index contributed by atoms with van der Waals surface area (Å²) in [5, 5.41) is 13.3. The number of carbonyl (C=O) groups excluding carboxylic acids is 3. The number of ether oxygens (including phenoxy) is 2. The molecule has 9 heteroatoms. The van der Waals surface area contributed by atoms with Gasteiger partial charge in [-0.3, -0.25) is 14.4 Å². The largest absolute Gasteiger partial charge is 0.480 e. The zero-order chi connectivity index (χ0) is 23.4. The van der Waals surface area contributed by atoms with Crippen LogP contribution in [0.5, 0.6) is 0 Å². The smallest absolute Gasteiger partial charge is 0.326 e. The van der Waals surface area contributed by atoms with Gasteiger partial charge in [0.1, 0.15) is 6.04 Å². The minimum atomic E-state index is -1.57. The van der Waals surface area contributed by atoms with Crippen molar-refractivity contribution < 1.29 is 33.8 Å². The molecule has 3 aromatic rings. The third-order valence-electron chi connectivity index (χ3n) is 5.33. The third kappa shape index (κ3) is 4.22. The summed E-state index contributed by atoms with van der Waals surface area (Å²) in [6.07, 6.45) is 0. The van der Waals surface area contributed by atoms with Gasteiger partial charge in [0.05, 0.1) is 30.8 Å². The molecule has 3 rings (SSSR count). The van der Waals surface area contributed by atoms with E-state index in [1.807, 2.05) is 0 Å². The molecule has 9 nitrogen and oxygen atoms in total. The van der Waals surface area contributed by atoms with Gasteiger partial charge in [-0.2, -0.15) is 0 Å². The van der Waals surface area contributed by atoms with Gasteiger partial charge in [0, 0.05) is 16.7 Å². The maximum absolute atomic E-state index is 13.4. The van der Waals surface area contributed by atoms with Crippen LogP contribution < -0.4 is 5.32 Å². The minimum absolute atomic E-state index is 0.248. The molecule has 0 bridgehead atoms. The van der Waals surface area contributed by atoms with E-state index in [0.717, 1.165) is 14.2 Å². The second-order valence-corrected chi connectivity index (χ2v) is 7.19. The van der Waals surface area contributed by atoms with E-state index in [9.17, 15) is 24.3 Å². The highest BCUT2D eigenvalue weighted by atomic mass is 16.5. The molecule has 0 saturated carbocycles. The number of carboxylic acids is 1. The highest BCUT2D eigenvalue weighted by Crippen LogP contribution is 2.27. The first kappa shape index (κ1) is 22.7. The number of esters is 2. The fraction of sp³-hybridized carbons (Fsp3) is 0.261. The van der Waals surface area contributed by atoms with E-state index in [-0.39, 0.29) is 5.56 Å². The molecule has 2 atom stereocenters. The maximum Gasteiger partial charge on any atom is 0.326 e. The summed E-state index contributed by atoms with van der Waals surface area (Å²) in [5.74, 6) is -6.68. The average molecular weight is 438 g/mol. The number of methoxy groups -OCH3 is 2. The van der Waals surface area contributed by atoms with Crippen molar-refractivity contribution in [2.75, 3.05) is 14.2 Å². The molecule has 166 valence electrons. The maximum atomic E-state index is 13.4. The number of pyridine rings is 1. The molecule has 32 heavy (non-hydrogen) atoms. The molecule has 0 saturated heterocycles. The molecule has 0 fully saturated rings. The number of nitrogens with zero attached hydrogens (tertiary/aromatic N) is 1. The number of carbonyl (C=O) groups is 4. The molecule has 0 aliphatic rings. The number of para-hydroxylation sites is 2. The first-order valence-electron chi connectivity index (χ1n) is 9.77. The Hall–Kier alpha value is -4.01.